The van der Waals surface area contributed by atoms with Gasteiger partial charge in [-0.05, 0) is 11.6 Å². The fraction of sp³-hybridized carbons (Fsp3) is 0.0909. The zero-order chi connectivity index (χ0) is 11.4. The first kappa shape index (κ1) is 11.7. The largest absolute Gasteiger partial charge is 0.245 e. The van der Waals surface area contributed by atoms with Gasteiger partial charge in [-0.25, -0.2) is 9.97 Å². The number of rotatable bonds is 3. The maximum absolute atomic E-state index is 6.05. The van der Waals surface area contributed by atoms with Crippen LogP contribution in [0.15, 0.2) is 41.7 Å². The van der Waals surface area contributed by atoms with Crippen molar-refractivity contribution in [2.75, 3.05) is 0 Å². The molecule has 5 heteroatoms. The van der Waals surface area contributed by atoms with E-state index in [-0.39, 0.29) is 0 Å². The lowest BCUT2D eigenvalue weighted by atomic mass is 10.2. The zero-order valence-corrected chi connectivity index (χ0v) is 10.6. The van der Waals surface area contributed by atoms with Crippen LogP contribution in [0.3, 0.4) is 0 Å². The van der Waals surface area contributed by atoms with E-state index in [0.29, 0.717) is 5.15 Å². The van der Waals surface area contributed by atoms with Crippen molar-refractivity contribution in [1.29, 1.82) is 0 Å². The van der Waals surface area contributed by atoms with Crippen LogP contribution >= 0.6 is 35.0 Å². The van der Waals surface area contributed by atoms with E-state index in [2.05, 4.69) is 9.97 Å². The summed E-state index contributed by atoms with van der Waals surface area (Å²) in [7, 11) is 0. The Labute approximate surface area is 108 Å². The number of halogens is 2. The van der Waals surface area contributed by atoms with Crippen molar-refractivity contribution >= 4 is 35.0 Å². The van der Waals surface area contributed by atoms with Gasteiger partial charge in [0, 0.05) is 23.2 Å². The molecule has 2 aromatic rings. The summed E-state index contributed by atoms with van der Waals surface area (Å²) in [5.74, 6) is 0.734. The summed E-state index contributed by atoms with van der Waals surface area (Å²) in [5.41, 5.74) is 1.07. The van der Waals surface area contributed by atoms with Gasteiger partial charge in [0.25, 0.3) is 0 Å². The summed E-state index contributed by atoms with van der Waals surface area (Å²) < 4.78 is 0. The molecule has 1 aromatic carbocycles. The van der Waals surface area contributed by atoms with Crippen LogP contribution in [0.1, 0.15) is 5.56 Å². The minimum atomic E-state index is 0.430. The third kappa shape index (κ3) is 2.88. The molecular formula is C11H8Cl2N2S. The fourth-order valence-electron chi connectivity index (χ4n) is 1.17. The molecule has 0 unspecified atom stereocenters. The quantitative estimate of drug-likeness (QED) is 0.787. The molecular weight excluding hydrogens is 263 g/mol. The van der Waals surface area contributed by atoms with Crippen molar-refractivity contribution in [3.63, 3.8) is 0 Å². The van der Waals surface area contributed by atoms with Crippen molar-refractivity contribution in [2.24, 2.45) is 0 Å². The Bertz CT molecular complexity index is 445. The first-order valence-electron chi connectivity index (χ1n) is 4.60. The van der Waals surface area contributed by atoms with Crippen molar-refractivity contribution in [3.8, 4) is 0 Å². The maximum Gasteiger partial charge on any atom is 0.161 e. The molecule has 2 nitrogen and oxygen atoms in total. The third-order valence-electron chi connectivity index (χ3n) is 1.95. The Balaban J connectivity index is 2.09. The lowest BCUT2D eigenvalue weighted by Crippen LogP contribution is -1.87. The lowest BCUT2D eigenvalue weighted by molar-refractivity contribution is 1.05. The minimum Gasteiger partial charge on any atom is -0.245 e. The van der Waals surface area contributed by atoms with E-state index < -0.39 is 0 Å². The average Bonchev–Trinajstić information content (AvgIpc) is 2.30. The minimum absolute atomic E-state index is 0.430. The molecule has 0 aliphatic heterocycles. The molecule has 0 aliphatic carbocycles. The van der Waals surface area contributed by atoms with E-state index in [0.717, 1.165) is 21.4 Å². The molecule has 0 aliphatic rings. The Kier molecular flexibility index (Phi) is 4.04. The highest BCUT2D eigenvalue weighted by Crippen LogP contribution is 2.28. The molecule has 16 heavy (non-hydrogen) atoms. The normalized spacial score (nSPS) is 10.4. The molecule has 0 N–H and O–H groups in total. The molecule has 0 fully saturated rings. The van der Waals surface area contributed by atoms with Crippen LogP contribution in [0.4, 0.5) is 0 Å². The number of nitrogens with zero attached hydrogens (tertiary/aromatic N) is 2. The van der Waals surface area contributed by atoms with Gasteiger partial charge in [-0.3, -0.25) is 0 Å². The molecule has 0 amide bonds. The summed E-state index contributed by atoms with van der Waals surface area (Å²) in [6.07, 6.45) is 3.20. The van der Waals surface area contributed by atoms with Gasteiger partial charge in [-0.1, -0.05) is 53.2 Å². The third-order valence-corrected chi connectivity index (χ3v) is 3.73. The van der Waals surface area contributed by atoms with Crippen LogP contribution in [0.25, 0.3) is 0 Å². The average molecular weight is 271 g/mol. The smallest absolute Gasteiger partial charge is 0.161 e. The van der Waals surface area contributed by atoms with Crippen molar-refractivity contribution in [2.45, 2.75) is 10.8 Å². The van der Waals surface area contributed by atoms with Crippen LogP contribution in [0.2, 0.25) is 10.2 Å². The van der Waals surface area contributed by atoms with Gasteiger partial charge in [0.15, 0.2) is 5.15 Å². The standard InChI is InChI=1S/C11H8Cl2N2S/c12-9-4-2-1-3-8(9)7-16-11-10(13)14-5-6-15-11/h1-6H,7H2. The fourth-order valence-corrected chi connectivity index (χ4v) is 2.57. The van der Waals surface area contributed by atoms with Crippen LogP contribution < -0.4 is 0 Å². The molecule has 0 saturated heterocycles. The second kappa shape index (κ2) is 5.53. The first-order chi connectivity index (χ1) is 7.77. The summed E-state index contributed by atoms with van der Waals surface area (Å²) >= 11 is 13.5. The maximum atomic E-state index is 6.05. The van der Waals surface area contributed by atoms with E-state index in [4.69, 9.17) is 23.2 Å². The van der Waals surface area contributed by atoms with Crippen LogP contribution in [-0.2, 0) is 5.75 Å². The van der Waals surface area contributed by atoms with Crippen molar-refractivity contribution in [1.82, 2.24) is 9.97 Å². The Hall–Kier alpha value is -0.770. The highest BCUT2D eigenvalue weighted by Gasteiger charge is 2.05. The van der Waals surface area contributed by atoms with E-state index in [1.165, 1.54) is 11.8 Å². The van der Waals surface area contributed by atoms with Crippen LogP contribution in [0, 0.1) is 0 Å². The monoisotopic (exact) mass is 270 g/mol. The number of hydrogen-bond acceptors (Lipinski definition) is 3. The van der Waals surface area contributed by atoms with Gasteiger partial charge in [-0.2, -0.15) is 0 Å². The van der Waals surface area contributed by atoms with Gasteiger partial charge < -0.3 is 0 Å². The van der Waals surface area contributed by atoms with E-state index in [1.54, 1.807) is 12.4 Å². The molecule has 0 bridgehead atoms. The van der Waals surface area contributed by atoms with Crippen molar-refractivity contribution in [3.05, 3.63) is 52.4 Å². The van der Waals surface area contributed by atoms with Gasteiger partial charge in [0.2, 0.25) is 0 Å². The molecule has 82 valence electrons. The highest BCUT2D eigenvalue weighted by atomic mass is 35.5. The lowest BCUT2D eigenvalue weighted by Gasteiger charge is -2.03. The molecule has 0 saturated carbocycles. The van der Waals surface area contributed by atoms with Crippen molar-refractivity contribution < 1.29 is 0 Å². The van der Waals surface area contributed by atoms with Gasteiger partial charge >= 0.3 is 0 Å². The van der Waals surface area contributed by atoms with Gasteiger partial charge in [0.05, 0.1) is 0 Å². The highest BCUT2D eigenvalue weighted by molar-refractivity contribution is 7.98. The zero-order valence-electron chi connectivity index (χ0n) is 8.23. The van der Waals surface area contributed by atoms with Gasteiger partial charge in [0.1, 0.15) is 5.03 Å². The van der Waals surface area contributed by atoms with E-state index in [1.807, 2.05) is 24.3 Å². The van der Waals surface area contributed by atoms with Crippen LogP contribution in [0.5, 0.6) is 0 Å². The summed E-state index contributed by atoms with van der Waals surface area (Å²) in [4.78, 5) is 8.11. The second-order valence-electron chi connectivity index (χ2n) is 3.03. The molecule has 0 atom stereocenters. The number of thioether (sulfide) groups is 1. The molecule has 2 rings (SSSR count). The number of hydrogen-bond donors (Lipinski definition) is 0. The van der Waals surface area contributed by atoms with Gasteiger partial charge in [-0.15, -0.1) is 0 Å². The Morgan fingerprint density at radius 3 is 2.56 bits per heavy atom. The predicted octanol–water partition coefficient (Wildman–Crippen LogP) is 4.08. The molecule has 0 radical (unpaired) electrons. The Morgan fingerprint density at radius 2 is 1.81 bits per heavy atom. The van der Waals surface area contributed by atoms with E-state index in [9.17, 15) is 0 Å². The topological polar surface area (TPSA) is 25.8 Å². The number of aromatic nitrogens is 2. The Morgan fingerprint density at radius 1 is 1.06 bits per heavy atom. The van der Waals surface area contributed by atoms with Crippen LogP contribution in [-0.4, -0.2) is 9.97 Å². The summed E-state index contributed by atoms with van der Waals surface area (Å²) in [6, 6.07) is 7.72. The SMILES string of the molecule is Clc1ccccc1CSc1nccnc1Cl. The summed E-state index contributed by atoms with van der Waals surface area (Å²) in [6.45, 7) is 0. The number of benzene rings is 1. The van der Waals surface area contributed by atoms with E-state index >= 15 is 0 Å². The first-order valence-corrected chi connectivity index (χ1v) is 6.34. The molecule has 1 aromatic heterocycles. The molecule has 0 spiro atoms. The second-order valence-corrected chi connectivity index (χ2v) is 4.76. The molecule has 1 heterocycles. The summed E-state index contributed by atoms with van der Waals surface area (Å²) in [5, 5.41) is 1.92. The predicted molar refractivity (Wildman–Crippen MR) is 68.1 cm³/mol.